The van der Waals surface area contributed by atoms with Crippen LogP contribution >= 0.6 is 0 Å². The Balaban J connectivity index is 3.23. The van der Waals surface area contributed by atoms with Gasteiger partial charge in [-0.1, -0.05) is 26.8 Å². The minimum absolute atomic E-state index is 0.0420. The van der Waals surface area contributed by atoms with E-state index >= 15 is 0 Å². The molecule has 0 aliphatic rings. The van der Waals surface area contributed by atoms with Gasteiger partial charge in [-0.05, 0) is 29.0 Å². The lowest BCUT2D eigenvalue weighted by Gasteiger charge is -2.21. The number of methoxy groups -OCH3 is 1. The van der Waals surface area contributed by atoms with Gasteiger partial charge in [-0.25, -0.2) is 0 Å². The number of carbonyl (C=O) groups excluding carboxylic acids is 1. The highest BCUT2D eigenvalue weighted by Gasteiger charge is 2.18. The molecule has 0 amide bonds. The van der Waals surface area contributed by atoms with Crippen LogP contribution in [-0.4, -0.2) is 18.5 Å². The van der Waals surface area contributed by atoms with Crippen molar-refractivity contribution in [2.75, 3.05) is 7.11 Å². The van der Waals surface area contributed by atoms with Crippen molar-refractivity contribution in [2.45, 2.75) is 39.0 Å². The van der Waals surface area contributed by atoms with Gasteiger partial charge in [0.25, 0.3) is 0 Å². The van der Waals surface area contributed by atoms with Gasteiger partial charge >= 0.3 is 0 Å². The van der Waals surface area contributed by atoms with Crippen LogP contribution in [0.3, 0.4) is 0 Å². The Kier molecular flexibility index (Phi) is 4.16. The Labute approximate surface area is 102 Å². The molecule has 0 heterocycles. The molecular weight excluding hydrogens is 216 g/mol. The number of ether oxygens (including phenoxy) is 1. The maximum Gasteiger partial charge on any atom is 0.163 e. The van der Waals surface area contributed by atoms with E-state index in [1.807, 2.05) is 6.07 Å². The molecule has 0 radical (unpaired) electrons. The average molecular weight is 236 g/mol. The van der Waals surface area contributed by atoms with Gasteiger partial charge in [-0.15, -0.1) is 0 Å². The first-order valence-corrected chi connectivity index (χ1v) is 5.74. The van der Waals surface area contributed by atoms with Crippen LogP contribution in [0.1, 0.15) is 38.3 Å². The summed E-state index contributed by atoms with van der Waals surface area (Å²) < 4.78 is 5.17. The summed E-state index contributed by atoms with van der Waals surface area (Å²) in [5, 5.41) is 9.92. The first kappa shape index (κ1) is 13.6. The van der Waals surface area contributed by atoms with E-state index in [1.165, 1.54) is 7.11 Å². The summed E-state index contributed by atoms with van der Waals surface area (Å²) in [6.07, 6.45) is 1.90. The molecule has 3 nitrogen and oxygen atoms in total. The second-order valence-corrected chi connectivity index (χ2v) is 5.14. The summed E-state index contributed by atoms with van der Waals surface area (Å²) in [5.74, 6) is 0.612. The molecule has 0 saturated carbocycles. The number of rotatable bonds is 4. The third-order valence-corrected chi connectivity index (χ3v) is 2.75. The lowest BCUT2D eigenvalue weighted by Crippen LogP contribution is -2.12. The SMILES string of the molecule is COc1c(O)cc(C(C)(C)C)cc1CCC=O. The van der Waals surface area contributed by atoms with E-state index in [0.717, 1.165) is 17.4 Å². The molecule has 94 valence electrons. The summed E-state index contributed by atoms with van der Waals surface area (Å²) in [5.41, 5.74) is 1.88. The minimum Gasteiger partial charge on any atom is -0.504 e. The van der Waals surface area contributed by atoms with E-state index in [0.29, 0.717) is 18.6 Å². The molecule has 0 spiro atoms. The van der Waals surface area contributed by atoms with Crippen LogP contribution in [0.2, 0.25) is 0 Å². The van der Waals surface area contributed by atoms with Gasteiger partial charge in [0.1, 0.15) is 6.29 Å². The van der Waals surface area contributed by atoms with Crippen molar-refractivity contribution >= 4 is 6.29 Å². The lowest BCUT2D eigenvalue weighted by molar-refractivity contribution is -0.107. The number of aldehydes is 1. The predicted molar refractivity (Wildman–Crippen MR) is 67.7 cm³/mol. The molecule has 1 aromatic rings. The Bertz CT molecular complexity index is 403. The van der Waals surface area contributed by atoms with Gasteiger partial charge in [0.05, 0.1) is 7.11 Å². The van der Waals surface area contributed by atoms with Crippen molar-refractivity contribution in [1.29, 1.82) is 0 Å². The van der Waals surface area contributed by atoms with E-state index in [1.54, 1.807) is 6.07 Å². The molecule has 3 heteroatoms. The Morgan fingerprint density at radius 1 is 1.35 bits per heavy atom. The van der Waals surface area contributed by atoms with Crippen LogP contribution in [0.25, 0.3) is 0 Å². The van der Waals surface area contributed by atoms with Crippen molar-refractivity contribution in [3.05, 3.63) is 23.3 Å². The highest BCUT2D eigenvalue weighted by atomic mass is 16.5. The molecule has 0 unspecified atom stereocenters. The molecule has 0 saturated heterocycles. The van der Waals surface area contributed by atoms with Crippen molar-refractivity contribution in [1.82, 2.24) is 0 Å². The molecule has 0 aliphatic carbocycles. The van der Waals surface area contributed by atoms with Crippen LogP contribution in [-0.2, 0) is 16.6 Å². The Morgan fingerprint density at radius 3 is 2.47 bits per heavy atom. The number of phenols is 1. The molecule has 17 heavy (non-hydrogen) atoms. The number of benzene rings is 1. The molecule has 0 aliphatic heterocycles. The van der Waals surface area contributed by atoms with Gasteiger partial charge in [0.2, 0.25) is 0 Å². The van der Waals surface area contributed by atoms with Crippen molar-refractivity contribution < 1.29 is 14.6 Å². The van der Waals surface area contributed by atoms with E-state index in [9.17, 15) is 9.90 Å². The van der Waals surface area contributed by atoms with E-state index in [-0.39, 0.29) is 11.2 Å². The monoisotopic (exact) mass is 236 g/mol. The Hall–Kier alpha value is -1.51. The highest BCUT2D eigenvalue weighted by Crippen LogP contribution is 2.36. The van der Waals surface area contributed by atoms with Crippen molar-refractivity contribution in [2.24, 2.45) is 0 Å². The number of carbonyl (C=O) groups is 1. The van der Waals surface area contributed by atoms with Gasteiger partial charge in [0, 0.05) is 6.42 Å². The third-order valence-electron chi connectivity index (χ3n) is 2.75. The molecule has 0 atom stereocenters. The maximum absolute atomic E-state index is 10.4. The fraction of sp³-hybridized carbons (Fsp3) is 0.500. The summed E-state index contributed by atoms with van der Waals surface area (Å²) >= 11 is 0. The van der Waals surface area contributed by atoms with Crippen LogP contribution in [0.4, 0.5) is 0 Å². The fourth-order valence-electron chi connectivity index (χ4n) is 1.74. The highest BCUT2D eigenvalue weighted by molar-refractivity contribution is 5.54. The maximum atomic E-state index is 10.4. The number of hydrogen-bond donors (Lipinski definition) is 1. The van der Waals surface area contributed by atoms with Crippen molar-refractivity contribution in [3.63, 3.8) is 0 Å². The molecular formula is C14H20O3. The molecule has 1 N–H and O–H groups in total. The predicted octanol–water partition coefficient (Wildman–Crippen LogP) is 2.83. The van der Waals surface area contributed by atoms with E-state index in [4.69, 9.17) is 4.74 Å². The van der Waals surface area contributed by atoms with Crippen LogP contribution in [0.15, 0.2) is 12.1 Å². The zero-order valence-electron chi connectivity index (χ0n) is 10.9. The number of aryl methyl sites for hydroxylation is 1. The molecule has 1 aromatic carbocycles. The van der Waals surface area contributed by atoms with Gasteiger partial charge in [-0.3, -0.25) is 0 Å². The molecule has 1 rings (SSSR count). The number of phenolic OH excluding ortho intramolecular Hbond substituents is 1. The quantitative estimate of drug-likeness (QED) is 0.818. The average Bonchev–Trinajstić information content (AvgIpc) is 2.24. The largest absolute Gasteiger partial charge is 0.504 e. The second-order valence-electron chi connectivity index (χ2n) is 5.14. The first-order chi connectivity index (χ1) is 7.90. The topological polar surface area (TPSA) is 46.5 Å². The molecule has 0 fully saturated rings. The Morgan fingerprint density at radius 2 is 2.00 bits per heavy atom. The lowest BCUT2D eigenvalue weighted by atomic mass is 9.85. The summed E-state index contributed by atoms with van der Waals surface area (Å²) in [7, 11) is 1.52. The molecule has 0 aromatic heterocycles. The van der Waals surface area contributed by atoms with Crippen LogP contribution < -0.4 is 4.74 Å². The number of hydrogen-bond acceptors (Lipinski definition) is 3. The van der Waals surface area contributed by atoms with E-state index < -0.39 is 0 Å². The third kappa shape index (κ3) is 3.22. The van der Waals surface area contributed by atoms with E-state index in [2.05, 4.69) is 20.8 Å². The zero-order chi connectivity index (χ0) is 13.1. The molecule has 0 bridgehead atoms. The van der Waals surface area contributed by atoms with Gasteiger partial charge in [0.15, 0.2) is 11.5 Å². The fourth-order valence-corrected chi connectivity index (χ4v) is 1.74. The first-order valence-electron chi connectivity index (χ1n) is 5.74. The zero-order valence-corrected chi connectivity index (χ0v) is 10.9. The smallest absolute Gasteiger partial charge is 0.163 e. The van der Waals surface area contributed by atoms with Gasteiger partial charge < -0.3 is 14.6 Å². The normalized spacial score (nSPS) is 11.3. The summed E-state index contributed by atoms with van der Waals surface area (Å²) in [4.78, 5) is 10.4. The van der Waals surface area contributed by atoms with Crippen molar-refractivity contribution in [3.8, 4) is 11.5 Å². The van der Waals surface area contributed by atoms with Crippen LogP contribution in [0, 0.1) is 0 Å². The minimum atomic E-state index is -0.0420. The second kappa shape index (κ2) is 5.21. The standard InChI is InChI=1S/C14H20O3/c1-14(2,3)11-8-10(6-5-7-15)13(17-4)12(16)9-11/h7-9,16H,5-6H2,1-4H3. The summed E-state index contributed by atoms with van der Waals surface area (Å²) in [6.45, 7) is 6.24. The number of aromatic hydroxyl groups is 1. The van der Waals surface area contributed by atoms with Crippen LogP contribution in [0.5, 0.6) is 11.5 Å². The summed E-state index contributed by atoms with van der Waals surface area (Å²) in [6, 6.07) is 3.73. The van der Waals surface area contributed by atoms with Gasteiger partial charge in [-0.2, -0.15) is 0 Å².